The van der Waals surface area contributed by atoms with Crippen LogP contribution in [-0.2, 0) is 0 Å². The van der Waals surface area contributed by atoms with E-state index < -0.39 is 0 Å². The third kappa shape index (κ3) is 4.04. The van der Waals surface area contributed by atoms with E-state index in [0.29, 0.717) is 34.1 Å². The standard InChI is InChI=1S/C28H22ClFN4OS/c29-24-23-25(19-11-13-20(30)14-12-19)31-34(22-9-5-2-6-10-22)28(23)36-26(24)27(35)33-17-15-32(16-18-33)21-7-3-1-4-8-21/h1-14H,15-18H2. The van der Waals surface area contributed by atoms with Crippen LogP contribution in [-0.4, -0.2) is 46.8 Å². The summed E-state index contributed by atoms with van der Waals surface area (Å²) >= 11 is 8.26. The normalized spacial score (nSPS) is 13.9. The molecule has 36 heavy (non-hydrogen) atoms. The SMILES string of the molecule is O=C(c1sc2c(c(-c3ccc(F)cc3)nn2-c2ccccc2)c1Cl)N1CCN(c2ccccc2)CC1. The molecule has 0 spiro atoms. The average molecular weight is 517 g/mol. The third-order valence-electron chi connectivity index (χ3n) is 6.46. The zero-order valence-electron chi connectivity index (χ0n) is 19.3. The van der Waals surface area contributed by atoms with Gasteiger partial charge in [-0.1, -0.05) is 48.0 Å². The maximum absolute atomic E-state index is 13.6. The molecule has 1 aliphatic rings. The molecule has 0 atom stereocenters. The first-order valence-electron chi connectivity index (χ1n) is 11.7. The number of carbonyl (C=O) groups is 1. The summed E-state index contributed by atoms with van der Waals surface area (Å²) in [4.78, 5) is 19.1. The molecule has 1 fully saturated rings. The maximum atomic E-state index is 13.6. The van der Waals surface area contributed by atoms with Crippen molar-refractivity contribution in [1.29, 1.82) is 0 Å². The van der Waals surface area contributed by atoms with Crippen molar-refractivity contribution >= 4 is 44.7 Å². The number of benzene rings is 3. The fourth-order valence-electron chi connectivity index (χ4n) is 4.59. The minimum atomic E-state index is -0.320. The molecule has 1 aliphatic heterocycles. The Balaban J connectivity index is 1.37. The lowest BCUT2D eigenvalue weighted by molar-refractivity contribution is 0.0752. The Morgan fingerprint density at radius 1 is 0.833 bits per heavy atom. The molecule has 180 valence electrons. The number of piperazine rings is 1. The number of amides is 1. The zero-order valence-corrected chi connectivity index (χ0v) is 20.8. The van der Waals surface area contributed by atoms with Crippen LogP contribution in [0.25, 0.3) is 27.2 Å². The second-order valence-electron chi connectivity index (χ2n) is 8.64. The van der Waals surface area contributed by atoms with Crippen molar-refractivity contribution in [3.63, 3.8) is 0 Å². The van der Waals surface area contributed by atoms with Crippen LogP contribution in [0.4, 0.5) is 10.1 Å². The summed E-state index contributed by atoms with van der Waals surface area (Å²) in [5.41, 5.74) is 3.40. The van der Waals surface area contributed by atoms with Gasteiger partial charge in [-0.15, -0.1) is 11.3 Å². The van der Waals surface area contributed by atoms with E-state index in [-0.39, 0.29) is 11.7 Å². The minimum Gasteiger partial charge on any atom is -0.368 e. The summed E-state index contributed by atoms with van der Waals surface area (Å²) in [5.74, 6) is -0.391. The van der Waals surface area contributed by atoms with Crippen LogP contribution in [0.2, 0.25) is 5.02 Å². The van der Waals surface area contributed by atoms with E-state index in [0.717, 1.165) is 34.9 Å². The van der Waals surface area contributed by atoms with Gasteiger partial charge in [0, 0.05) is 37.4 Å². The molecule has 3 aromatic carbocycles. The number of anilines is 1. The van der Waals surface area contributed by atoms with E-state index in [1.807, 2.05) is 58.1 Å². The molecule has 0 bridgehead atoms. The van der Waals surface area contributed by atoms with Gasteiger partial charge in [-0.05, 0) is 48.5 Å². The highest BCUT2D eigenvalue weighted by Gasteiger charge is 2.29. The smallest absolute Gasteiger partial charge is 0.265 e. The summed E-state index contributed by atoms with van der Waals surface area (Å²) < 4.78 is 15.4. The van der Waals surface area contributed by atoms with Gasteiger partial charge in [-0.2, -0.15) is 5.10 Å². The highest BCUT2D eigenvalue weighted by molar-refractivity contribution is 7.21. The van der Waals surface area contributed by atoms with Gasteiger partial charge >= 0.3 is 0 Å². The molecule has 6 rings (SSSR count). The second kappa shape index (κ2) is 9.41. The monoisotopic (exact) mass is 516 g/mol. The molecule has 8 heteroatoms. The summed E-state index contributed by atoms with van der Waals surface area (Å²) in [6.45, 7) is 2.76. The Labute approximate surface area is 217 Å². The fraction of sp³-hybridized carbons (Fsp3) is 0.143. The number of rotatable bonds is 4. The van der Waals surface area contributed by atoms with Crippen molar-refractivity contribution in [2.24, 2.45) is 0 Å². The lowest BCUT2D eigenvalue weighted by Crippen LogP contribution is -2.48. The highest BCUT2D eigenvalue weighted by Crippen LogP contribution is 2.42. The molecule has 2 aromatic heterocycles. The van der Waals surface area contributed by atoms with Crippen molar-refractivity contribution < 1.29 is 9.18 Å². The van der Waals surface area contributed by atoms with Crippen molar-refractivity contribution in [3.05, 3.63) is 101 Å². The van der Waals surface area contributed by atoms with Gasteiger partial charge in [0.2, 0.25) is 0 Å². The van der Waals surface area contributed by atoms with Crippen LogP contribution < -0.4 is 4.90 Å². The first-order valence-corrected chi connectivity index (χ1v) is 12.9. The van der Waals surface area contributed by atoms with Crippen LogP contribution in [0.15, 0.2) is 84.9 Å². The molecule has 0 radical (unpaired) electrons. The predicted octanol–water partition coefficient (Wildman–Crippen LogP) is 6.51. The Morgan fingerprint density at radius 2 is 1.44 bits per heavy atom. The number of fused-ring (bicyclic) bond motifs is 1. The summed E-state index contributed by atoms with van der Waals surface area (Å²) in [6.07, 6.45) is 0. The lowest BCUT2D eigenvalue weighted by Gasteiger charge is -2.36. The molecule has 0 N–H and O–H groups in total. The van der Waals surface area contributed by atoms with E-state index in [2.05, 4.69) is 17.0 Å². The number of hydrogen-bond acceptors (Lipinski definition) is 4. The van der Waals surface area contributed by atoms with Gasteiger partial charge in [0.05, 0.1) is 16.1 Å². The summed E-state index contributed by atoms with van der Waals surface area (Å²) in [6, 6.07) is 26.1. The minimum absolute atomic E-state index is 0.0708. The van der Waals surface area contributed by atoms with Gasteiger partial charge in [-0.25, -0.2) is 9.07 Å². The van der Waals surface area contributed by atoms with Crippen LogP contribution >= 0.6 is 22.9 Å². The lowest BCUT2D eigenvalue weighted by atomic mass is 10.1. The Kier molecular flexibility index (Phi) is 5.95. The van der Waals surface area contributed by atoms with Crippen molar-refractivity contribution in [3.8, 4) is 16.9 Å². The second-order valence-corrected chi connectivity index (χ2v) is 10.0. The van der Waals surface area contributed by atoms with E-state index >= 15 is 0 Å². The molecule has 5 aromatic rings. The number of carbonyl (C=O) groups excluding carboxylic acids is 1. The fourth-order valence-corrected chi connectivity index (χ4v) is 6.16. The van der Waals surface area contributed by atoms with E-state index in [1.54, 1.807) is 12.1 Å². The van der Waals surface area contributed by atoms with Crippen LogP contribution in [0.3, 0.4) is 0 Å². The van der Waals surface area contributed by atoms with Gasteiger partial charge in [0.15, 0.2) is 0 Å². The first-order chi connectivity index (χ1) is 17.6. The Bertz CT molecular complexity index is 1530. The molecule has 1 saturated heterocycles. The summed E-state index contributed by atoms with van der Waals surface area (Å²) in [7, 11) is 0. The number of aromatic nitrogens is 2. The molecule has 0 unspecified atom stereocenters. The molecule has 0 saturated carbocycles. The summed E-state index contributed by atoms with van der Waals surface area (Å²) in [5, 5.41) is 5.93. The predicted molar refractivity (Wildman–Crippen MR) is 144 cm³/mol. The Morgan fingerprint density at radius 3 is 2.08 bits per heavy atom. The van der Waals surface area contributed by atoms with Gasteiger partial charge < -0.3 is 9.80 Å². The van der Waals surface area contributed by atoms with Gasteiger partial charge in [-0.3, -0.25) is 4.79 Å². The van der Waals surface area contributed by atoms with Crippen molar-refractivity contribution in [2.75, 3.05) is 31.1 Å². The van der Waals surface area contributed by atoms with Crippen LogP contribution in [0, 0.1) is 5.82 Å². The average Bonchev–Trinajstić information content (AvgIpc) is 3.47. The molecule has 3 heterocycles. The zero-order chi connectivity index (χ0) is 24.6. The third-order valence-corrected chi connectivity index (χ3v) is 8.10. The largest absolute Gasteiger partial charge is 0.368 e. The van der Waals surface area contributed by atoms with Crippen LogP contribution in [0.5, 0.6) is 0 Å². The van der Waals surface area contributed by atoms with E-state index in [4.69, 9.17) is 16.7 Å². The van der Waals surface area contributed by atoms with Crippen LogP contribution in [0.1, 0.15) is 9.67 Å². The van der Waals surface area contributed by atoms with Crippen molar-refractivity contribution in [2.45, 2.75) is 0 Å². The molecular weight excluding hydrogens is 495 g/mol. The van der Waals surface area contributed by atoms with Gasteiger partial charge in [0.25, 0.3) is 5.91 Å². The number of hydrogen-bond donors (Lipinski definition) is 0. The number of para-hydroxylation sites is 2. The molecule has 0 aliphatic carbocycles. The first kappa shape index (κ1) is 22.8. The number of thiophene rings is 1. The molecule has 1 amide bonds. The molecular formula is C28H22ClFN4OS. The molecule has 5 nitrogen and oxygen atoms in total. The Hall–Kier alpha value is -3.68. The highest BCUT2D eigenvalue weighted by atomic mass is 35.5. The maximum Gasteiger partial charge on any atom is 0.265 e. The van der Waals surface area contributed by atoms with E-state index in [9.17, 15) is 9.18 Å². The topological polar surface area (TPSA) is 41.4 Å². The van der Waals surface area contributed by atoms with Crippen molar-refractivity contribution in [1.82, 2.24) is 14.7 Å². The van der Waals surface area contributed by atoms with E-state index in [1.165, 1.54) is 23.5 Å². The van der Waals surface area contributed by atoms with Gasteiger partial charge in [0.1, 0.15) is 21.2 Å². The quantitative estimate of drug-likeness (QED) is 0.273. The number of nitrogens with zero attached hydrogens (tertiary/aromatic N) is 4. The number of halogens is 2.